The third kappa shape index (κ3) is 4.56. The smallest absolute Gasteiger partial charge is 0.256 e. The second-order valence-corrected chi connectivity index (χ2v) is 8.09. The van der Waals surface area contributed by atoms with E-state index in [4.69, 9.17) is 4.42 Å². The van der Waals surface area contributed by atoms with Gasteiger partial charge in [-0.1, -0.05) is 25.0 Å². The number of furan rings is 1. The number of nitrogens with one attached hydrogen (secondary N) is 1. The Morgan fingerprint density at radius 2 is 1.80 bits per heavy atom. The molecule has 1 aromatic heterocycles. The van der Waals surface area contributed by atoms with Crippen molar-refractivity contribution < 1.29 is 18.4 Å². The van der Waals surface area contributed by atoms with Crippen LogP contribution in [0, 0.1) is 11.7 Å². The molecule has 4 rings (SSSR count). The first-order chi connectivity index (χ1) is 14.6. The van der Waals surface area contributed by atoms with Crippen LogP contribution in [-0.2, 0) is 11.3 Å². The van der Waals surface area contributed by atoms with Gasteiger partial charge < -0.3 is 14.6 Å². The highest BCUT2D eigenvalue weighted by molar-refractivity contribution is 5.94. The van der Waals surface area contributed by atoms with E-state index in [1.807, 2.05) is 12.1 Å². The molecule has 2 fully saturated rings. The van der Waals surface area contributed by atoms with Crippen molar-refractivity contribution in [3.63, 3.8) is 0 Å². The summed E-state index contributed by atoms with van der Waals surface area (Å²) in [6, 6.07) is 9.54. The summed E-state index contributed by atoms with van der Waals surface area (Å²) < 4.78 is 19.3. The molecule has 0 spiro atoms. The van der Waals surface area contributed by atoms with Crippen LogP contribution in [0.15, 0.2) is 47.1 Å². The summed E-state index contributed by atoms with van der Waals surface area (Å²) in [4.78, 5) is 29.7. The van der Waals surface area contributed by atoms with Crippen LogP contribution >= 0.6 is 0 Å². The van der Waals surface area contributed by atoms with Gasteiger partial charge in [-0.25, -0.2) is 4.39 Å². The first kappa shape index (κ1) is 20.6. The molecule has 1 aromatic carbocycles. The summed E-state index contributed by atoms with van der Waals surface area (Å²) in [5.74, 6) is 0.301. The van der Waals surface area contributed by atoms with Crippen molar-refractivity contribution in [3.8, 4) is 0 Å². The lowest BCUT2D eigenvalue weighted by molar-refractivity contribution is -0.129. The minimum atomic E-state index is -0.494. The van der Waals surface area contributed by atoms with Crippen molar-refractivity contribution in [3.05, 3.63) is 59.8 Å². The fourth-order valence-electron chi connectivity index (χ4n) is 4.65. The van der Waals surface area contributed by atoms with Gasteiger partial charge in [0.25, 0.3) is 5.91 Å². The number of nitrogens with zero attached hydrogens (tertiary/aromatic N) is 2. The van der Waals surface area contributed by atoms with Crippen molar-refractivity contribution >= 4 is 11.8 Å². The maximum Gasteiger partial charge on any atom is 0.256 e. The lowest BCUT2D eigenvalue weighted by atomic mass is 9.95. The van der Waals surface area contributed by atoms with Crippen LogP contribution in [0.3, 0.4) is 0 Å². The van der Waals surface area contributed by atoms with Gasteiger partial charge >= 0.3 is 0 Å². The molecule has 2 heterocycles. The number of hydrogen-bond donors (Lipinski definition) is 1. The highest BCUT2D eigenvalue weighted by atomic mass is 19.1. The van der Waals surface area contributed by atoms with Crippen molar-refractivity contribution in [1.29, 1.82) is 0 Å². The Morgan fingerprint density at radius 1 is 1.07 bits per heavy atom. The van der Waals surface area contributed by atoms with E-state index in [0.717, 1.165) is 31.4 Å². The van der Waals surface area contributed by atoms with Crippen LogP contribution in [0.1, 0.15) is 41.8 Å². The van der Waals surface area contributed by atoms with E-state index in [9.17, 15) is 14.0 Å². The molecule has 0 unspecified atom stereocenters. The summed E-state index contributed by atoms with van der Waals surface area (Å²) in [6.45, 7) is 2.57. The molecule has 160 valence electrons. The predicted octanol–water partition coefficient (Wildman–Crippen LogP) is 3.05. The third-order valence-corrected chi connectivity index (χ3v) is 6.23. The molecule has 0 bridgehead atoms. The SMILES string of the molecule is O=C(NCc1ccco1)[C@H](C1CCCC1)N1CCN(C(=O)c2ccccc2F)CC1. The van der Waals surface area contributed by atoms with E-state index in [-0.39, 0.29) is 23.4 Å². The molecular weight excluding hydrogens is 385 g/mol. The first-order valence-corrected chi connectivity index (χ1v) is 10.7. The molecule has 2 amide bonds. The maximum absolute atomic E-state index is 14.0. The van der Waals surface area contributed by atoms with E-state index >= 15 is 0 Å². The number of amides is 2. The van der Waals surface area contributed by atoms with Crippen molar-refractivity contribution in [2.24, 2.45) is 5.92 Å². The fraction of sp³-hybridized carbons (Fsp3) is 0.478. The Kier molecular flexibility index (Phi) is 6.47. The van der Waals surface area contributed by atoms with Gasteiger partial charge in [-0.2, -0.15) is 0 Å². The second-order valence-electron chi connectivity index (χ2n) is 8.09. The molecule has 7 heteroatoms. The van der Waals surface area contributed by atoms with Crippen LogP contribution in [-0.4, -0.2) is 53.8 Å². The quantitative estimate of drug-likeness (QED) is 0.791. The molecule has 30 heavy (non-hydrogen) atoms. The minimum absolute atomic E-state index is 0.0205. The number of halogens is 1. The Morgan fingerprint density at radius 3 is 2.47 bits per heavy atom. The zero-order chi connectivity index (χ0) is 20.9. The Hall–Kier alpha value is -2.67. The summed E-state index contributed by atoms with van der Waals surface area (Å²) in [6.07, 6.45) is 6.00. The summed E-state index contributed by atoms with van der Waals surface area (Å²) in [5, 5.41) is 3.02. The lowest BCUT2D eigenvalue weighted by Gasteiger charge is -2.40. The topological polar surface area (TPSA) is 65.8 Å². The fourth-order valence-corrected chi connectivity index (χ4v) is 4.65. The second kappa shape index (κ2) is 9.43. The molecule has 1 aliphatic heterocycles. The van der Waals surface area contributed by atoms with Crippen molar-refractivity contribution in [2.75, 3.05) is 26.2 Å². The van der Waals surface area contributed by atoms with Crippen molar-refractivity contribution in [1.82, 2.24) is 15.1 Å². The van der Waals surface area contributed by atoms with E-state index in [1.165, 1.54) is 12.1 Å². The lowest BCUT2D eigenvalue weighted by Crippen LogP contribution is -2.57. The number of rotatable bonds is 6. The van der Waals surface area contributed by atoms with E-state index in [2.05, 4.69) is 10.2 Å². The van der Waals surface area contributed by atoms with E-state index in [0.29, 0.717) is 38.6 Å². The van der Waals surface area contributed by atoms with Crippen LogP contribution < -0.4 is 5.32 Å². The first-order valence-electron chi connectivity index (χ1n) is 10.7. The third-order valence-electron chi connectivity index (χ3n) is 6.23. The number of carbonyl (C=O) groups is 2. The number of carbonyl (C=O) groups excluding carboxylic acids is 2. The Balaban J connectivity index is 1.39. The molecule has 1 atom stereocenters. The molecule has 1 N–H and O–H groups in total. The Bertz CT molecular complexity index is 856. The average Bonchev–Trinajstić information content (AvgIpc) is 3.47. The van der Waals surface area contributed by atoms with Crippen LogP contribution in [0.5, 0.6) is 0 Å². The minimum Gasteiger partial charge on any atom is -0.467 e. The molecule has 1 saturated carbocycles. The monoisotopic (exact) mass is 413 g/mol. The maximum atomic E-state index is 14.0. The van der Waals surface area contributed by atoms with Gasteiger partial charge in [0.1, 0.15) is 11.6 Å². The molecule has 1 saturated heterocycles. The van der Waals surface area contributed by atoms with Gasteiger partial charge in [-0.05, 0) is 43.0 Å². The highest BCUT2D eigenvalue weighted by Crippen LogP contribution is 2.31. The van der Waals surface area contributed by atoms with Gasteiger partial charge in [0.2, 0.25) is 5.91 Å². The molecule has 2 aromatic rings. The van der Waals surface area contributed by atoms with Crippen LogP contribution in [0.25, 0.3) is 0 Å². The van der Waals surface area contributed by atoms with E-state index in [1.54, 1.807) is 23.3 Å². The zero-order valence-corrected chi connectivity index (χ0v) is 17.1. The number of hydrogen-bond acceptors (Lipinski definition) is 4. The van der Waals surface area contributed by atoms with Crippen LogP contribution in [0.4, 0.5) is 4.39 Å². The number of piperazine rings is 1. The van der Waals surface area contributed by atoms with Gasteiger partial charge in [-0.15, -0.1) is 0 Å². The predicted molar refractivity (Wildman–Crippen MR) is 110 cm³/mol. The van der Waals surface area contributed by atoms with Gasteiger partial charge in [-0.3, -0.25) is 14.5 Å². The number of benzene rings is 1. The van der Waals surface area contributed by atoms with Crippen molar-refractivity contribution in [2.45, 2.75) is 38.3 Å². The summed E-state index contributed by atoms with van der Waals surface area (Å²) >= 11 is 0. The molecular formula is C23H28FN3O3. The van der Waals surface area contributed by atoms with Crippen LogP contribution in [0.2, 0.25) is 0 Å². The standard InChI is InChI=1S/C23H28FN3O3/c24-20-10-4-3-9-19(20)23(29)27-13-11-26(12-14-27)21(17-6-1-2-7-17)22(28)25-16-18-8-5-15-30-18/h3-5,8-10,15,17,21H,1-2,6-7,11-14,16H2,(H,25,28)/t21-/m0/s1. The van der Waals surface area contributed by atoms with E-state index < -0.39 is 5.82 Å². The van der Waals surface area contributed by atoms with Gasteiger partial charge in [0.05, 0.1) is 24.4 Å². The summed E-state index contributed by atoms with van der Waals surface area (Å²) in [7, 11) is 0. The zero-order valence-electron chi connectivity index (χ0n) is 17.1. The largest absolute Gasteiger partial charge is 0.467 e. The average molecular weight is 413 g/mol. The van der Waals surface area contributed by atoms with Gasteiger partial charge in [0.15, 0.2) is 0 Å². The molecule has 0 radical (unpaired) electrons. The molecule has 2 aliphatic rings. The molecule has 1 aliphatic carbocycles. The normalized spacial score (nSPS) is 19.0. The summed E-state index contributed by atoms with van der Waals surface area (Å²) in [5.41, 5.74) is 0.106. The van der Waals surface area contributed by atoms with Gasteiger partial charge in [0, 0.05) is 26.2 Å². The highest BCUT2D eigenvalue weighted by Gasteiger charge is 2.37. The molecule has 6 nitrogen and oxygen atoms in total. The Labute approximate surface area is 176 Å².